The van der Waals surface area contributed by atoms with Crippen LogP contribution >= 0.6 is 0 Å². The van der Waals surface area contributed by atoms with Gasteiger partial charge in [-0.25, -0.2) is 13.8 Å². The van der Waals surface area contributed by atoms with Crippen molar-refractivity contribution in [2.45, 2.75) is 26.8 Å². The molecule has 1 N–H and O–H groups in total. The van der Waals surface area contributed by atoms with Crippen molar-refractivity contribution in [2.24, 2.45) is 0 Å². The normalized spacial score (nSPS) is 13.5. The van der Waals surface area contributed by atoms with Crippen LogP contribution in [0.5, 0.6) is 0 Å². The lowest BCUT2D eigenvalue weighted by atomic mass is 10.0. The number of anilines is 3. The fraction of sp³-hybridized carbons (Fsp3) is 0.250. The number of halogens is 2. The van der Waals surface area contributed by atoms with Gasteiger partial charge in [-0.3, -0.25) is 4.98 Å². The molecule has 0 bridgehead atoms. The summed E-state index contributed by atoms with van der Waals surface area (Å²) >= 11 is 0. The average molecular weight is 408 g/mol. The molecular weight excluding hydrogens is 390 g/mol. The molecule has 0 fully saturated rings. The van der Waals surface area contributed by atoms with Gasteiger partial charge >= 0.3 is 0 Å². The van der Waals surface area contributed by atoms with Crippen molar-refractivity contribution in [1.29, 1.82) is 0 Å². The molecule has 0 saturated carbocycles. The second kappa shape index (κ2) is 6.97. The van der Waals surface area contributed by atoms with Crippen LogP contribution in [-0.2, 0) is 13.0 Å². The van der Waals surface area contributed by atoms with Crippen LogP contribution in [0, 0.1) is 25.5 Å². The lowest BCUT2D eigenvalue weighted by Gasteiger charge is -2.30. The molecular formula is C20H18F2N8. The molecule has 1 aliphatic rings. The summed E-state index contributed by atoms with van der Waals surface area (Å²) in [5, 5.41) is 15.6. The van der Waals surface area contributed by atoms with Crippen molar-refractivity contribution in [3.63, 3.8) is 0 Å². The van der Waals surface area contributed by atoms with Gasteiger partial charge in [-0.15, -0.1) is 15.3 Å². The summed E-state index contributed by atoms with van der Waals surface area (Å²) in [6.07, 6.45) is 4.96. The van der Waals surface area contributed by atoms with E-state index in [0.29, 0.717) is 12.2 Å². The summed E-state index contributed by atoms with van der Waals surface area (Å²) in [6, 6.07) is 2.71. The largest absolute Gasteiger partial charge is 0.350 e. The second-order valence-corrected chi connectivity index (χ2v) is 7.28. The van der Waals surface area contributed by atoms with Crippen LogP contribution in [0.15, 0.2) is 30.9 Å². The Labute approximate surface area is 170 Å². The quantitative estimate of drug-likeness (QED) is 0.558. The van der Waals surface area contributed by atoms with Crippen LogP contribution in [0.3, 0.4) is 0 Å². The monoisotopic (exact) mass is 408 g/mol. The molecule has 0 amide bonds. The minimum absolute atomic E-state index is 0.0444. The predicted octanol–water partition coefficient (Wildman–Crippen LogP) is 3.12. The molecule has 5 rings (SSSR count). The summed E-state index contributed by atoms with van der Waals surface area (Å²) in [5.41, 5.74) is 5.42. The van der Waals surface area contributed by atoms with Crippen LogP contribution in [0.1, 0.15) is 22.4 Å². The summed E-state index contributed by atoms with van der Waals surface area (Å²) in [4.78, 5) is 10.5. The molecule has 0 radical (unpaired) electrons. The van der Waals surface area contributed by atoms with Crippen LogP contribution in [-0.4, -0.2) is 36.3 Å². The number of nitrogens with zero attached hydrogens (tertiary/aromatic N) is 7. The van der Waals surface area contributed by atoms with Gasteiger partial charge < -0.3 is 10.2 Å². The van der Waals surface area contributed by atoms with Gasteiger partial charge in [0.1, 0.15) is 12.1 Å². The first-order chi connectivity index (χ1) is 14.5. The Morgan fingerprint density at radius 2 is 1.93 bits per heavy atom. The van der Waals surface area contributed by atoms with Crippen molar-refractivity contribution < 1.29 is 8.78 Å². The molecule has 10 heteroatoms. The van der Waals surface area contributed by atoms with E-state index in [1.54, 1.807) is 17.0 Å². The number of aromatic nitrogens is 6. The van der Waals surface area contributed by atoms with E-state index in [1.165, 1.54) is 0 Å². The van der Waals surface area contributed by atoms with Crippen LogP contribution in [0.4, 0.5) is 26.1 Å². The molecule has 0 spiro atoms. The number of hydrogen-bond donors (Lipinski definition) is 1. The highest BCUT2D eigenvalue weighted by Crippen LogP contribution is 2.29. The lowest BCUT2D eigenvalue weighted by Crippen LogP contribution is -2.32. The van der Waals surface area contributed by atoms with Gasteiger partial charge in [0.05, 0.1) is 18.1 Å². The van der Waals surface area contributed by atoms with E-state index in [9.17, 15) is 8.78 Å². The lowest BCUT2D eigenvalue weighted by molar-refractivity contribution is 0.576. The predicted molar refractivity (Wildman–Crippen MR) is 107 cm³/mol. The van der Waals surface area contributed by atoms with Gasteiger partial charge in [0.2, 0.25) is 0 Å². The van der Waals surface area contributed by atoms with Crippen molar-refractivity contribution in [1.82, 2.24) is 29.8 Å². The Hall–Kier alpha value is -3.69. The number of fused-ring (bicyclic) bond motifs is 2. The Kier molecular flexibility index (Phi) is 4.27. The minimum atomic E-state index is -0.758. The first-order valence-corrected chi connectivity index (χ1v) is 9.47. The van der Waals surface area contributed by atoms with E-state index in [-0.39, 0.29) is 5.82 Å². The zero-order chi connectivity index (χ0) is 20.8. The zero-order valence-corrected chi connectivity index (χ0v) is 16.4. The Morgan fingerprint density at radius 3 is 2.77 bits per heavy atom. The van der Waals surface area contributed by atoms with Crippen molar-refractivity contribution in [3.05, 3.63) is 64.9 Å². The topological polar surface area (TPSA) is 84.1 Å². The third kappa shape index (κ3) is 3.10. The third-order valence-corrected chi connectivity index (χ3v) is 5.38. The van der Waals surface area contributed by atoms with Gasteiger partial charge in [-0.2, -0.15) is 4.52 Å². The Balaban J connectivity index is 1.45. The summed E-state index contributed by atoms with van der Waals surface area (Å²) < 4.78 is 28.7. The maximum Gasteiger partial charge on any atom is 0.180 e. The summed E-state index contributed by atoms with van der Waals surface area (Å²) in [7, 11) is 0. The standard InChI is InChI=1S/C20H18F2N8/c1-11-12(2)20(28-30-10-25-27-19(11)30)29-4-3-17-13(9-29)5-15(8-23-17)26-18-16(22)6-14(21)7-24-18/h5-8,10H,3-4,9H2,1-2H3,(H,24,26). The van der Waals surface area contributed by atoms with Gasteiger partial charge in [-0.05, 0) is 25.5 Å². The summed E-state index contributed by atoms with van der Waals surface area (Å²) in [5.74, 6) is -0.653. The van der Waals surface area contributed by atoms with Crippen LogP contribution < -0.4 is 10.2 Å². The fourth-order valence-electron chi connectivity index (χ4n) is 3.68. The number of rotatable bonds is 3. The molecule has 0 atom stereocenters. The molecule has 0 aromatic carbocycles. The highest BCUT2D eigenvalue weighted by Gasteiger charge is 2.22. The van der Waals surface area contributed by atoms with Crippen molar-refractivity contribution in [3.8, 4) is 0 Å². The van der Waals surface area contributed by atoms with Crippen molar-refractivity contribution in [2.75, 3.05) is 16.8 Å². The molecule has 4 aromatic heterocycles. The SMILES string of the molecule is Cc1c(N2CCc3ncc(Nc4ncc(F)cc4F)cc3C2)nn2cnnc2c1C. The van der Waals surface area contributed by atoms with E-state index in [4.69, 9.17) is 0 Å². The van der Waals surface area contributed by atoms with Gasteiger partial charge in [0.25, 0.3) is 0 Å². The van der Waals surface area contributed by atoms with E-state index in [1.807, 2.05) is 19.9 Å². The number of nitrogens with one attached hydrogen (secondary N) is 1. The Bertz CT molecular complexity index is 1270. The number of pyridine rings is 2. The summed E-state index contributed by atoms with van der Waals surface area (Å²) in [6.45, 7) is 5.43. The van der Waals surface area contributed by atoms with Crippen LogP contribution in [0.25, 0.3) is 5.65 Å². The maximum atomic E-state index is 13.9. The molecule has 0 saturated heterocycles. The first kappa shape index (κ1) is 18.3. The third-order valence-electron chi connectivity index (χ3n) is 5.38. The highest BCUT2D eigenvalue weighted by atomic mass is 19.1. The highest BCUT2D eigenvalue weighted by molar-refractivity contribution is 5.61. The molecule has 152 valence electrons. The van der Waals surface area contributed by atoms with Gasteiger partial charge in [0.15, 0.2) is 23.1 Å². The van der Waals surface area contributed by atoms with E-state index in [2.05, 4.69) is 35.5 Å². The molecule has 8 nitrogen and oxygen atoms in total. The molecule has 30 heavy (non-hydrogen) atoms. The maximum absolute atomic E-state index is 13.9. The van der Waals surface area contributed by atoms with Gasteiger partial charge in [-0.1, -0.05) is 0 Å². The molecule has 1 aliphatic heterocycles. The van der Waals surface area contributed by atoms with E-state index >= 15 is 0 Å². The number of hydrogen-bond acceptors (Lipinski definition) is 7. The van der Waals surface area contributed by atoms with E-state index < -0.39 is 11.6 Å². The second-order valence-electron chi connectivity index (χ2n) is 7.28. The fourth-order valence-corrected chi connectivity index (χ4v) is 3.68. The van der Waals surface area contributed by atoms with Crippen LogP contribution in [0.2, 0.25) is 0 Å². The molecule has 0 unspecified atom stereocenters. The minimum Gasteiger partial charge on any atom is -0.350 e. The first-order valence-electron chi connectivity index (χ1n) is 9.47. The zero-order valence-electron chi connectivity index (χ0n) is 16.4. The van der Waals surface area contributed by atoms with Gasteiger partial charge in [0, 0.05) is 42.4 Å². The van der Waals surface area contributed by atoms with E-state index in [0.717, 1.165) is 59.1 Å². The van der Waals surface area contributed by atoms with Crippen molar-refractivity contribution >= 4 is 23.0 Å². The Morgan fingerprint density at radius 1 is 1.07 bits per heavy atom. The smallest absolute Gasteiger partial charge is 0.180 e. The number of aryl methyl sites for hydroxylation is 1. The molecule has 0 aliphatic carbocycles. The molecule has 4 aromatic rings. The average Bonchev–Trinajstić information content (AvgIpc) is 3.21. The molecule has 5 heterocycles.